The van der Waals surface area contributed by atoms with Crippen LogP contribution in [-0.2, 0) is 11.3 Å². The van der Waals surface area contributed by atoms with E-state index in [1.54, 1.807) is 36.4 Å². The number of hydrogen-bond acceptors (Lipinski definition) is 3. The molecule has 0 aromatic heterocycles. The molecule has 4 nitrogen and oxygen atoms in total. The zero-order chi connectivity index (χ0) is 18.3. The lowest BCUT2D eigenvalue weighted by atomic mass is 10.1. The van der Waals surface area contributed by atoms with Crippen LogP contribution in [0.2, 0.25) is 0 Å². The Morgan fingerprint density at radius 1 is 1.08 bits per heavy atom. The number of benzene rings is 2. The van der Waals surface area contributed by atoms with Crippen LogP contribution in [0.25, 0.3) is 0 Å². The minimum atomic E-state index is -4.35. The van der Waals surface area contributed by atoms with E-state index in [9.17, 15) is 18.0 Å². The zero-order valence-electron chi connectivity index (χ0n) is 13.6. The number of halogens is 3. The number of rotatable bonds is 7. The molecule has 2 aromatic rings. The summed E-state index contributed by atoms with van der Waals surface area (Å²) in [6, 6.07) is 13.2. The average molecular weight is 353 g/mol. The molecule has 1 amide bonds. The van der Waals surface area contributed by atoms with Gasteiger partial charge in [-0.05, 0) is 36.8 Å². The summed E-state index contributed by atoms with van der Waals surface area (Å²) in [4.78, 5) is 12.3. The molecule has 0 atom stereocenters. The first-order chi connectivity index (χ1) is 11.9. The average Bonchev–Trinajstić information content (AvgIpc) is 2.56. The summed E-state index contributed by atoms with van der Waals surface area (Å²) in [5.74, 6) is 0.227. The number of ether oxygens (including phenoxy) is 2. The molecule has 0 aliphatic rings. The molecule has 2 aromatic carbocycles. The largest absolute Gasteiger partial charge is 0.492 e. The summed E-state index contributed by atoms with van der Waals surface area (Å²) in [5.41, 5.74) is 1.48. The Bertz CT molecular complexity index is 699. The number of hydrogen-bond donors (Lipinski definition) is 1. The summed E-state index contributed by atoms with van der Waals surface area (Å²) in [6.45, 7) is 0.843. The van der Waals surface area contributed by atoms with Crippen molar-refractivity contribution < 1.29 is 27.4 Å². The molecule has 0 spiro atoms. The second-order valence-corrected chi connectivity index (χ2v) is 5.19. The van der Waals surface area contributed by atoms with Crippen molar-refractivity contribution in [1.82, 2.24) is 0 Å². The second kappa shape index (κ2) is 8.53. The van der Waals surface area contributed by atoms with Gasteiger partial charge in [0.05, 0.1) is 18.9 Å². The molecule has 0 aliphatic heterocycles. The van der Waals surface area contributed by atoms with E-state index in [1.807, 2.05) is 6.92 Å². The molecule has 7 heteroatoms. The van der Waals surface area contributed by atoms with Crippen molar-refractivity contribution in [3.63, 3.8) is 0 Å². The first-order valence-electron chi connectivity index (χ1n) is 7.65. The summed E-state index contributed by atoms with van der Waals surface area (Å²) in [6.07, 6.45) is -4.35. The smallest absolute Gasteiger partial charge is 0.411 e. The number of amides is 1. The predicted octanol–water partition coefficient (Wildman–Crippen LogP) is 4.42. The van der Waals surface area contributed by atoms with Crippen molar-refractivity contribution in [3.8, 4) is 5.75 Å². The fraction of sp³-hybridized carbons (Fsp3) is 0.278. The predicted molar refractivity (Wildman–Crippen MR) is 87.7 cm³/mol. The first kappa shape index (κ1) is 18.8. The number of carbonyl (C=O) groups excluding carboxylic acids is 1. The number of carbonyl (C=O) groups is 1. The number of para-hydroxylation sites is 2. The maximum Gasteiger partial charge on any atom is 0.411 e. The summed E-state index contributed by atoms with van der Waals surface area (Å²) < 4.78 is 46.1. The second-order valence-electron chi connectivity index (χ2n) is 5.19. The quantitative estimate of drug-likeness (QED) is 0.802. The Kier molecular flexibility index (Phi) is 6.41. The lowest BCUT2D eigenvalue weighted by Gasteiger charge is -2.11. The van der Waals surface area contributed by atoms with E-state index in [2.05, 4.69) is 10.1 Å². The molecule has 0 unspecified atom stereocenters. The Morgan fingerprint density at radius 2 is 1.76 bits per heavy atom. The number of anilines is 1. The molecule has 25 heavy (non-hydrogen) atoms. The molecule has 1 N–H and O–H groups in total. The van der Waals surface area contributed by atoms with Crippen LogP contribution in [-0.4, -0.2) is 25.3 Å². The van der Waals surface area contributed by atoms with Crippen LogP contribution in [0.15, 0.2) is 48.5 Å². The van der Waals surface area contributed by atoms with Gasteiger partial charge >= 0.3 is 6.18 Å². The lowest BCUT2D eigenvalue weighted by Crippen LogP contribution is -2.16. The van der Waals surface area contributed by atoms with Crippen LogP contribution in [0.5, 0.6) is 5.75 Å². The SMILES string of the molecule is CCOc1ccccc1NC(=O)c1ccc(COCC(F)(F)F)cc1. The van der Waals surface area contributed by atoms with Crippen molar-refractivity contribution in [2.24, 2.45) is 0 Å². The van der Waals surface area contributed by atoms with Gasteiger partial charge in [-0.15, -0.1) is 0 Å². The van der Waals surface area contributed by atoms with Crippen LogP contribution >= 0.6 is 0 Å². The highest BCUT2D eigenvalue weighted by Crippen LogP contribution is 2.24. The normalized spacial score (nSPS) is 11.2. The third-order valence-corrected chi connectivity index (χ3v) is 3.19. The third-order valence-electron chi connectivity index (χ3n) is 3.19. The van der Waals surface area contributed by atoms with Crippen molar-refractivity contribution in [3.05, 3.63) is 59.7 Å². The van der Waals surface area contributed by atoms with Crippen molar-refractivity contribution in [1.29, 1.82) is 0 Å². The fourth-order valence-corrected chi connectivity index (χ4v) is 2.08. The molecule has 0 fully saturated rings. The first-order valence-corrected chi connectivity index (χ1v) is 7.65. The summed E-state index contributed by atoms with van der Waals surface area (Å²) in [5, 5.41) is 2.75. The Balaban J connectivity index is 1.96. The summed E-state index contributed by atoms with van der Waals surface area (Å²) in [7, 11) is 0. The highest BCUT2D eigenvalue weighted by atomic mass is 19.4. The van der Waals surface area contributed by atoms with E-state index < -0.39 is 12.8 Å². The molecule has 2 rings (SSSR count). The maximum absolute atomic E-state index is 12.3. The van der Waals surface area contributed by atoms with E-state index in [-0.39, 0.29) is 12.5 Å². The molecule has 0 aliphatic carbocycles. The molecule has 0 radical (unpaired) electrons. The monoisotopic (exact) mass is 353 g/mol. The van der Waals surface area contributed by atoms with Gasteiger partial charge in [0.1, 0.15) is 12.4 Å². The van der Waals surface area contributed by atoms with Gasteiger partial charge in [-0.25, -0.2) is 0 Å². The van der Waals surface area contributed by atoms with E-state index in [0.717, 1.165) is 0 Å². The van der Waals surface area contributed by atoms with Crippen LogP contribution < -0.4 is 10.1 Å². The van der Waals surface area contributed by atoms with E-state index in [1.165, 1.54) is 12.1 Å². The van der Waals surface area contributed by atoms with Gasteiger partial charge in [-0.2, -0.15) is 13.2 Å². The lowest BCUT2D eigenvalue weighted by molar-refractivity contribution is -0.176. The Hall–Kier alpha value is -2.54. The van der Waals surface area contributed by atoms with Crippen molar-refractivity contribution >= 4 is 11.6 Å². The van der Waals surface area contributed by atoms with Gasteiger partial charge in [0.25, 0.3) is 5.91 Å². The van der Waals surface area contributed by atoms with Gasteiger partial charge < -0.3 is 14.8 Å². The molecular weight excluding hydrogens is 335 g/mol. The van der Waals surface area contributed by atoms with Crippen molar-refractivity contribution in [2.75, 3.05) is 18.5 Å². The molecule has 0 saturated carbocycles. The third kappa shape index (κ3) is 6.11. The van der Waals surface area contributed by atoms with Crippen molar-refractivity contribution in [2.45, 2.75) is 19.7 Å². The zero-order valence-corrected chi connectivity index (χ0v) is 13.6. The van der Waals surface area contributed by atoms with Crippen LogP contribution in [0.3, 0.4) is 0 Å². The van der Waals surface area contributed by atoms with Gasteiger partial charge in [-0.3, -0.25) is 4.79 Å². The molecule has 0 bridgehead atoms. The number of alkyl halides is 3. The van der Waals surface area contributed by atoms with E-state index in [0.29, 0.717) is 29.2 Å². The van der Waals surface area contributed by atoms with Gasteiger partial charge in [0, 0.05) is 5.56 Å². The Morgan fingerprint density at radius 3 is 2.40 bits per heavy atom. The summed E-state index contributed by atoms with van der Waals surface area (Å²) >= 11 is 0. The maximum atomic E-state index is 12.3. The minimum absolute atomic E-state index is 0.172. The molecule has 0 saturated heterocycles. The van der Waals surface area contributed by atoms with Gasteiger partial charge in [0.2, 0.25) is 0 Å². The topological polar surface area (TPSA) is 47.6 Å². The molecule has 0 heterocycles. The minimum Gasteiger partial charge on any atom is -0.492 e. The molecule has 134 valence electrons. The van der Waals surface area contributed by atoms with E-state index >= 15 is 0 Å². The fourth-order valence-electron chi connectivity index (χ4n) is 2.08. The Labute approximate surface area is 143 Å². The van der Waals surface area contributed by atoms with Crippen LogP contribution in [0.1, 0.15) is 22.8 Å². The van der Waals surface area contributed by atoms with E-state index in [4.69, 9.17) is 4.74 Å². The van der Waals surface area contributed by atoms with Gasteiger partial charge in [-0.1, -0.05) is 24.3 Å². The van der Waals surface area contributed by atoms with Gasteiger partial charge in [0.15, 0.2) is 0 Å². The molecular formula is C18H18F3NO3. The van der Waals surface area contributed by atoms with Crippen LogP contribution in [0, 0.1) is 0 Å². The number of nitrogens with one attached hydrogen (secondary N) is 1. The standard InChI is InChI=1S/C18H18F3NO3/c1-2-25-16-6-4-3-5-15(16)22-17(23)14-9-7-13(8-10-14)11-24-12-18(19,20)21/h3-10H,2,11-12H2,1H3,(H,22,23). The highest BCUT2D eigenvalue weighted by molar-refractivity contribution is 6.05. The van der Waals surface area contributed by atoms with Crippen LogP contribution in [0.4, 0.5) is 18.9 Å². The highest BCUT2D eigenvalue weighted by Gasteiger charge is 2.27.